The van der Waals surface area contributed by atoms with Gasteiger partial charge in [-0.1, -0.05) is 40.2 Å². The van der Waals surface area contributed by atoms with E-state index in [1.807, 2.05) is 18.2 Å². The van der Waals surface area contributed by atoms with Gasteiger partial charge in [0.2, 0.25) is 0 Å². The Kier molecular flexibility index (Phi) is 9.28. The van der Waals surface area contributed by atoms with E-state index in [-0.39, 0.29) is 0 Å². The Morgan fingerprint density at radius 2 is 1.68 bits per heavy atom. The third-order valence-electron chi connectivity index (χ3n) is 3.15. The van der Waals surface area contributed by atoms with Crippen LogP contribution in [-0.2, 0) is 22.6 Å². The summed E-state index contributed by atoms with van der Waals surface area (Å²) in [4.78, 5) is 18.2. The van der Waals surface area contributed by atoms with Crippen LogP contribution in [0.25, 0.3) is 0 Å². The summed E-state index contributed by atoms with van der Waals surface area (Å²) in [5.74, 6) is -2.74. The lowest BCUT2D eigenvalue weighted by atomic mass is 10.1. The van der Waals surface area contributed by atoms with Crippen molar-refractivity contribution in [3.05, 3.63) is 64.1 Å². The molecule has 0 saturated heterocycles. The molecule has 0 heterocycles. The summed E-state index contributed by atoms with van der Waals surface area (Å²) in [5, 5.41) is 18.2. The van der Waals surface area contributed by atoms with Crippen LogP contribution < -0.4 is 10.1 Å². The number of carboxylic acids is 2. The Morgan fingerprint density at radius 3 is 2.20 bits per heavy atom. The van der Waals surface area contributed by atoms with Gasteiger partial charge in [-0.2, -0.15) is 0 Å². The monoisotopic (exact) mass is 409 g/mol. The van der Waals surface area contributed by atoms with Gasteiger partial charge >= 0.3 is 11.9 Å². The molecule has 0 saturated carbocycles. The molecule has 0 aliphatic heterocycles. The summed E-state index contributed by atoms with van der Waals surface area (Å²) in [5.41, 5.74) is 2.62. The molecule has 2 rings (SSSR count). The Hall–Kier alpha value is -2.38. The van der Waals surface area contributed by atoms with Gasteiger partial charge in [0.15, 0.2) is 0 Å². The zero-order chi connectivity index (χ0) is 18.7. The SMILES string of the molecule is COc1ccc(CCNCc2cccc(Br)c2)cc1.O=C(O)C(=O)O. The highest BCUT2D eigenvalue weighted by Crippen LogP contribution is 2.12. The maximum absolute atomic E-state index is 9.10. The van der Waals surface area contributed by atoms with Gasteiger partial charge in [0.05, 0.1) is 7.11 Å². The fraction of sp³-hybridized carbons (Fsp3) is 0.222. The van der Waals surface area contributed by atoms with E-state index in [4.69, 9.17) is 24.5 Å². The van der Waals surface area contributed by atoms with Gasteiger partial charge in [-0.25, -0.2) is 9.59 Å². The number of carbonyl (C=O) groups is 2. The predicted molar refractivity (Wildman–Crippen MR) is 97.8 cm³/mol. The zero-order valence-corrected chi connectivity index (χ0v) is 15.3. The summed E-state index contributed by atoms with van der Waals surface area (Å²) < 4.78 is 6.27. The molecule has 134 valence electrons. The van der Waals surface area contributed by atoms with Gasteiger partial charge in [0.25, 0.3) is 0 Å². The maximum Gasteiger partial charge on any atom is 0.414 e. The number of nitrogens with one attached hydrogen (secondary N) is 1. The first kappa shape index (κ1) is 20.7. The van der Waals surface area contributed by atoms with Crippen LogP contribution >= 0.6 is 15.9 Å². The quantitative estimate of drug-likeness (QED) is 0.501. The number of rotatable bonds is 6. The summed E-state index contributed by atoms with van der Waals surface area (Å²) in [6.07, 6.45) is 1.03. The summed E-state index contributed by atoms with van der Waals surface area (Å²) in [6.45, 7) is 1.87. The lowest BCUT2D eigenvalue weighted by Crippen LogP contribution is -2.16. The number of hydrogen-bond donors (Lipinski definition) is 3. The van der Waals surface area contributed by atoms with Crippen LogP contribution in [0.5, 0.6) is 5.75 Å². The first-order valence-corrected chi connectivity index (χ1v) is 8.26. The topological polar surface area (TPSA) is 95.9 Å². The second-order valence-electron chi connectivity index (χ2n) is 5.02. The second-order valence-corrected chi connectivity index (χ2v) is 5.93. The third-order valence-corrected chi connectivity index (χ3v) is 3.64. The zero-order valence-electron chi connectivity index (χ0n) is 13.7. The summed E-state index contributed by atoms with van der Waals surface area (Å²) >= 11 is 3.48. The molecule has 0 unspecified atom stereocenters. The second kappa shape index (κ2) is 11.2. The number of halogens is 1. The average Bonchev–Trinajstić information content (AvgIpc) is 2.60. The minimum Gasteiger partial charge on any atom is -0.497 e. The molecular formula is C18H20BrNO5. The van der Waals surface area contributed by atoms with Crippen molar-refractivity contribution in [3.63, 3.8) is 0 Å². The average molecular weight is 410 g/mol. The number of benzene rings is 2. The molecule has 7 heteroatoms. The van der Waals surface area contributed by atoms with Crippen LogP contribution in [0.2, 0.25) is 0 Å². The summed E-state index contributed by atoms with van der Waals surface area (Å²) in [6, 6.07) is 16.6. The highest BCUT2D eigenvalue weighted by atomic mass is 79.9. The lowest BCUT2D eigenvalue weighted by Gasteiger charge is -2.06. The fourth-order valence-electron chi connectivity index (χ4n) is 1.90. The van der Waals surface area contributed by atoms with Crippen LogP contribution in [0.1, 0.15) is 11.1 Å². The first-order valence-electron chi connectivity index (χ1n) is 7.46. The molecule has 0 aliphatic rings. The largest absolute Gasteiger partial charge is 0.497 e. The maximum atomic E-state index is 9.10. The Morgan fingerprint density at radius 1 is 1.04 bits per heavy atom. The molecule has 25 heavy (non-hydrogen) atoms. The van der Waals surface area contributed by atoms with Crippen LogP contribution in [0.4, 0.5) is 0 Å². The highest BCUT2D eigenvalue weighted by molar-refractivity contribution is 9.10. The van der Waals surface area contributed by atoms with Crippen LogP contribution in [-0.4, -0.2) is 35.8 Å². The van der Waals surface area contributed by atoms with Crippen molar-refractivity contribution in [1.29, 1.82) is 0 Å². The van der Waals surface area contributed by atoms with E-state index in [0.29, 0.717) is 0 Å². The molecule has 0 bridgehead atoms. The molecule has 6 nitrogen and oxygen atoms in total. The van der Waals surface area contributed by atoms with Crippen LogP contribution in [0.15, 0.2) is 53.0 Å². The normalized spacial score (nSPS) is 9.68. The minimum absolute atomic E-state index is 0.898. The van der Waals surface area contributed by atoms with Crippen LogP contribution in [0, 0.1) is 0 Å². The van der Waals surface area contributed by atoms with Crippen molar-refractivity contribution in [2.75, 3.05) is 13.7 Å². The van der Waals surface area contributed by atoms with Gasteiger partial charge in [0.1, 0.15) is 5.75 Å². The van der Waals surface area contributed by atoms with Gasteiger partial charge in [0, 0.05) is 11.0 Å². The smallest absolute Gasteiger partial charge is 0.414 e. The molecule has 0 atom stereocenters. The molecule has 3 N–H and O–H groups in total. The molecule has 0 aliphatic carbocycles. The molecule has 0 fully saturated rings. The predicted octanol–water partition coefficient (Wildman–Crippen LogP) is 2.95. The van der Waals surface area contributed by atoms with Crippen molar-refractivity contribution in [3.8, 4) is 5.75 Å². The number of methoxy groups -OCH3 is 1. The third kappa shape index (κ3) is 8.88. The van der Waals surface area contributed by atoms with E-state index in [2.05, 4.69) is 51.6 Å². The van der Waals surface area contributed by atoms with Crippen molar-refractivity contribution in [2.24, 2.45) is 0 Å². The van der Waals surface area contributed by atoms with Crippen molar-refractivity contribution in [2.45, 2.75) is 13.0 Å². The van der Waals surface area contributed by atoms with E-state index in [1.165, 1.54) is 11.1 Å². The standard InChI is InChI=1S/C16H18BrNO.C2H2O4/c1-19-16-7-5-13(6-8-16)9-10-18-12-14-3-2-4-15(17)11-14;3-1(4)2(5)6/h2-8,11,18H,9-10,12H2,1H3;(H,3,4)(H,5,6). The Bertz CT molecular complexity index is 676. The minimum atomic E-state index is -1.82. The van der Waals surface area contributed by atoms with E-state index in [1.54, 1.807) is 7.11 Å². The molecule has 0 amide bonds. The van der Waals surface area contributed by atoms with Crippen molar-refractivity contribution >= 4 is 27.9 Å². The molecule has 2 aromatic carbocycles. The highest BCUT2D eigenvalue weighted by Gasteiger charge is 2.04. The van der Waals surface area contributed by atoms with E-state index < -0.39 is 11.9 Å². The number of ether oxygens (including phenoxy) is 1. The Labute approximate surface area is 154 Å². The Balaban J connectivity index is 0.000000450. The van der Waals surface area contributed by atoms with E-state index in [9.17, 15) is 0 Å². The van der Waals surface area contributed by atoms with Crippen LogP contribution in [0.3, 0.4) is 0 Å². The molecule has 0 aromatic heterocycles. The van der Waals surface area contributed by atoms with Gasteiger partial charge in [-0.05, 0) is 48.4 Å². The van der Waals surface area contributed by atoms with Gasteiger partial charge in [-0.15, -0.1) is 0 Å². The van der Waals surface area contributed by atoms with E-state index in [0.717, 1.165) is 29.7 Å². The molecule has 2 aromatic rings. The van der Waals surface area contributed by atoms with Crippen molar-refractivity contribution < 1.29 is 24.5 Å². The first-order chi connectivity index (χ1) is 11.9. The summed E-state index contributed by atoms with van der Waals surface area (Å²) in [7, 11) is 1.69. The fourth-order valence-corrected chi connectivity index (χ4v) is 2.35. The lowest BCUT2D eigenvalue weighted by molar-refractivity contribution is -0.159. The molecule has 0 radical (unpaired) electrons. The number of aliphatic carboxylic acids is 2. The number of carboxylic acid groups (broad SMARTS) is 2. The number of hydrogen-bond acceptors (Lipinski definition) is 4. The van der Waals surface area contributed by atoms with Gasteiger partial charge in [-0.3, -0.25) is 0 Å². The molecule has 0 spiro atoms. The molecular weight excluding hydrogens is 390 g/mol. The van der Waals surface area contributed by atoms with Crippen molar-refractivity contribution in [1.82, 2.24) is 5.32 Å². The van der Waals surface area contributed by atoms with Gasteiger partial charge < -0.3 is 20.3 Å². The van der Waals surface area contributed by atoms with E-state index >= 15 is 0 Å².